The number of nitrogens with zero attached hydrogens (tertiary/aromatic N) is 2. The van der Waals surface area contributed by atoms with E-state index in [-0.39, 0.29) is 23.2 Å². The van der Waals surface area contributed by atoms with Crippen LogP contribution in [-0.4, -0.2) is 33.8 Å². The predicted octanol–water partition coefficient (Wildman–Crippen LogP) is 4.75. The molecule has 2 aliphatic rings. The van der Waals surface area contributed by atoms with Gasteiger partial charge in [-0.05, 0) is 29.9 Å². The maximum atomic E-state index is 13.1. The Labute approximate surface area is 176 Å². The van der Waals surface area contributed by atoms with E-state index >= 15 is 0 Å². The first-order chi connectivity index (χ1) is 13.7. The van der Waals surface area contributed by atoms with Crippen molar-refractivity contribution in [2.45, 2.75) is 57.7 Å². The second-order valence-corrected chi connectivity index (χ2v) is 9.45. The van der Waals surface area contributed by atoms with Crippen LogP contribution in [0.3, 0.4) is 0 Å². The van der Waals surface area contributed by atoms with E-state index in [4.69, 9.17) is 4.74 Å². The van der Waals surface area contributed by atoms with Crippen LogP contribution in [0.1, 0.15) is 58.2 Å². The first kappa shape index (κ1) is 21.4. The number of allylic oxidation sites excluding steroid dienone is 1. The largest absolute Gasteiger partial charge is 0.458 e. The number of carbonyl (C=O) groups excluding carboxylic acids is 2. The zero-order valence-electron chi connectivity index (χ0n) is 17.7. The average Bonchev–Trinajstić information content (AvgIpc) is 2.99. The van der Waals surface area contributed by atoms with E-state index < -0.39 is 12.0 Å². The number of carbonyl (C=O) groups is 2. The minimum atomic E-state index is -0.537. The molecule has 0 N–H and O–H groups in total. The fraction of sp³-hybridized carbons (Fsp3) is 0.435. The number of benzene rings is 1. The van der Waals surface area contributed by atoms with Crippen molar-refractivity contribution in [2.75, 3.05) is 6.61 Å². The van der Waals surface area contributed by atoms with Crippen LogP contribution in [0.2, 0.25) is 0 Å². The van der Waals surface area contributed by atoms with Gasteiger partial charge in [0.25, 0.3) is 0 Å². The summed E-state index contributed by atoms with van der Waals surface area (Å²) in [7, 11) is 0. The maximum Gasteiger partial charge on any atom is 0.338 e. The molecule has 0 spiro atoms. The molecule has 1 aromatic rings. The fourth-order valence-corrected chi connectivity index (χ4v) is 4.68. The Kier molecular flexibility index (Phi) is 6.03. The summed E-state index contributed by atoms with van der Waals surface area (Å²) >= 11 is 1.47. The normalized spacial score (nSPS) is 21.8. The lowest BCUT2D eigenvalue weighted by atomic mass is 9.85. The number of esters is 1. The van der Waals surface area contributed by atoms with Gasteiger partial charge in [-0.15, -0.1) is 0 Å². The Morgan fingerprint density at radius 3 is 2.52 bits per heavy atom. The highest BCUT2D eigenvalue weighted by molar-refractivity contribution is 8.15. The van der Waals surface area contributed by atoms with Gasteiger partial charge in [0.2, 0.25) is 5.91 Å². The molecule has 2 atom stereocenters. The molecule has 3 rings (SSSR count). The Morgan fingerprint density at radius 2 is 1.97 bits per heavy atom. The summed E-state index contributed by atoms with van der Waals surface area (Å²) in [4.78, 5) is 32.2. The number of rotatable bonds is 5. The van der Waals surface area contributed by atoms with Crippen molar-refractivity contribution < 1.29 is 14.3 Å². The van der Waals surface area contributed by atoms with Gasteiger partial charge in [-0.25, -0.2) is 9.79 Å². The molecular weight excluding hydrogens is 384 g/mol. The highest BCUT2D eigenvalue weighted by atomic mass is 32.2. The van der Waals surface area contributed by atoms with E-state index in [2.05, 4.69) is 44.5 Å². The Hall–Kier alpha value is -2.34. The van der Waals surface area contributed by atoms with E-state index in [1.165, 1.54) is 23.4 Å². The van der Waals surface area contributed by atoms with E-state index in [9.17, 15) is 9.59 Å². The SMILES string of the molecule is C=CCOC(=O)C1=C(C)N=C2S[C@H](CC)C(=O)N2[C@H]1c1ccc(C(C)(C)C)cc1. The van der Waals surface area contributed by atoms with Gasteiger partial charge >= 0.3 is 5.97 Å². The van der Waals surface area contributed by atoms with Gasteiger partial charge in [0.15, 0.2) is 5.17 Å². The molecule has 1 saturated heterocycles. The van der Waals surface area contributed by atoms with Crippen LogP contribution >= 0.6 is 11.8 Å². The van der Waals surface area contributed by atoms with Crippen LogP contribution in [0, 0.1) is 0 Å². The number of fused-ring (bicyclic) bond motifs is 1. The molecule has 0 aliphatic carbocycles. The summed E-state index contributed by atoms with van der Waals surface area (Å²) in [6, 6.07) is 7.59. The molecule has 0 aromatic heterocycles. The Bertz CT molecular complexity index is 894. The molecule has 0 unspecified atom stereocenters. The van der Waals surface area contributed by atoms with Crippen molar-refractivity contribution in [3.05, 3.63) is 59.3 Å². The zero-order valence-corrected chi connectivity index (χ0v) is 18.5. The van der Waals surface area contributed by atoms with Gasteiger partial charge < -0.3 is 4.74 Å². The molecule has 154 valence electrons. The number of thioether (sulfide) groups is 1. The van der Waals surface area contributed by atoms with Crippen LogP contribution < -0.4 is 0 Å². The summed E-state index contributed by atoms with van der Waals surface area (Å²) in [6.45, 7) is 14.0. The van der Waals surface area contributed by atoms with Gasteiger partial charge in [0.05, 0.1) is 22.6 Å². The van der Waals surface area contributed by atoms with Crippen molar-refractivity contribution in [1.82, 2.24) is 4.90 Å². The second kappa shape index (κ2) is 8.19. The third-order valence-electron chi connectivity index (χ3n) is 5.17. The van der Waals surface area contributed by atoms with Crippen LogP contribution in [0.5, 0.6) is 0 Å². The predicted molar refractivity (Wildman–Crippen MR) is 118 cm³/mol. The molecule has 1 amide bonds. The van der Waals surface area contributed by atoms with E-state index in [0.717, 1.165) is 5.56 Å². The standard InChI is InChI=1S/C23H28N2O3S/c1-7-13-28-21(27)18-14(3)24-22-25(20(26)17(8-2)29-22)19(18)15-9-11-16(12-10-15)23(4,5)6/h7,9-12,17,19H,1,8,13H2,2-6H3/t17-,19+/m1/s1. The third-order valence-corrected chi connectivity index (χ3v) is 6.49. The molecule has 29 heavy (non-hydrogen) atoms. The number of amides is 1. The number of hydrogen-bond acceptors (Lipinski definition) is 5. The number of hydrogen-bond donors (Lipinski definition) is 0. The maximum absolute atomic E-state index is 13.1. The third kappa shape index (κ3) is 4.04. The fourth-order valence-electron chi connectivity index (χ4n) is 3.54. The van der Waals surface area contributed by atoms with E-state index in [1.54, 1.807) is 11.8 Å². The topological polar surface area (TPSA) is 59.0 Å². The van der Waals surface area contributed by atoms with Crippen molar-refractivity contribution in [3.8, 4) is 0 Å². The van der Waals surface area contributed by atoms with Gasteiger partial charge in [-0.2, -0.15) is 0 Å². The van der Waals surface area contributed by atoms with Crippen molar-refractivity contribution in [2.24, 2.45) is 4.99 Å². The van der Waals surface area contributed by atoms with Crippen LogP contribution in [0.25, 0.3) is 0 Å². The van der Waals surface area contributed by atoms with E-state index in [0.29, 0.717) is 22.9 Å². The van der Waals surface area contributed by atoms with Crippen molar-refractivity contribution in [1.29, 1.82) is 0 Å². The van der Waals surface area contributed by atoms with Crippen molar-refractivity contribution >= 4 is 28.8 Å². The molecule has 5 nitrogen and oxygen atoms in total. The summed E-state index contributed by atoms with van der Waals surface area (Å²) < 4.78 is 5.34. The van der Waals surface area contributed by atoms with E-state index in [1.807, 2.05) is 19.1 Å². The molecular formula is C23H28N2O3S. The lowest BCUT2D eigenvalue weighted by Crippen LogP contribution is -2.40. The van der Waals surface area contributed by atoms with Gasteiger partial charge in [0, 0.05) is 0 Å². The molecule has 1 fully saturated rings. The quantitative estimate of drug-likeness (QED) is 0.517. The van der Waals surface area contributed by atoms with Gasteiger partial charge in [0.1, 0.15) is 6.61 Å². The van der Waals surface area contributed by atoms with Gasteiger partial charge in [-0.3, -0.25) is 9.69 Å². The summed E-state index contributed by atoms with van der Waals surface area (Å²) in [6.07, 6.45) is 2.24. The first-order valence-electron chi connectivity index (χ1n) is 9.86. The summed E-state index contributed by atoms with van der Waals surface area (Å²) in [5.41, 5.74) is 3.08. The second-order valence-electron chi connectivity index (χ2n) is 8.28. The molecule has 0 saturated carbocycles. The average molecular weight is 413 g/mol. The highest BCUT2D eigenvalue weighted by Gasteiger charge is 2.47. The molecule has 2 heterocycles. The zero-order chi connectivity index (χ0) is 21.3. The number of aliphatic imine (C=N–C) groups is 1. The minimum absolute atomic E-state index is 0.0114. The lowest BCUT2D eigenvalue weighted by molar-refractivity contribution is -0.139. The molecule has 6 heteroatoms. The molecule has 2 aliphatic heterocycles. The number of amidine groups is 1. The first-order valence-corrected chi connectivity index (χ1v) is 10.7. The monoisotopic (exact) mass is 412 g/mol. The molecule has 0 radical (unpaired) electrons. The molecule has 0 bridgehead atoms. The van der Waals surface area contributed by atoms with Gasteiger partial charge in [-0.1, -0.05) is 76.4 Å². The molecule has 1 aromatic carbocycles. The Balaban J connectivity index is 2.09. The highest BCUT2D eigenvalue weighted by Crippen LogP contribution is 2.44. The van der Waals surface area contributed by atoms with Crippen LogP contribution in [-0.2, 0) is 19.7 Å². The lowest BCUT2D eigenvalue weighted by Gasteiger charge is -2.33. The Morgan fingerprint density at radius 1 is 1.31 bits per heavy atom. The van der Waals surface area contributed by atoms with Crippen LogP contribution in [0.15, 0.2) is 53.2 Å². The van der Waals surface area contributed by atoms with Crippen LogP contribution in [0.4, 0.5) is 0 Å². The summed E-state index contributed by atoms with van der Waals surface area (Å²) in [5, 5.41) is 0.478. The summed E-state index contributed by atoms with van der Waals surface area (Å²) in [5.74, 6) is -0.476. The van der Waals surface area contributed by atoms with Crippen molar-refractivity contribution in [3.63, 3.8) is 0 Å². The number of ether oxygens (including phenoxy) is 1. The smallest absolute Gasteiger partial charge is 0.338 e. The minimum Gasteiger partial charge on any atom is -0.458 e.